The maximum absolute atomic E-state index is 5.81. The van der Waals surface area contributed by atoms with E-state index in [1.54, 1.807) is 12.4 Å². The fourth-order valence-corrected chi connectivity index (χ4v) is 1.85. The zero-order valence-electron chi connectivity index (χ0n) is 10.3. The smallest absolute Gasteiger partial charge is 0.258 e. The van der Waals surface area contributed by atoms with Crippen LogP contribution in [-0.2, 0) is 0 Å². The predicted octanol–water partition coefficient (Wildman–Crippen LogP) is 0.589. The average molecular weight is 274 g/mol. The molecule has 0 aliphatic rings. The normalized spacial score (nSPS) is 11.1. The lowest BCUT2D eigenvalue weighted by atomic mass is 10.4. The Labute approximate surface area is 112 Å². The molecule has 0 bridgehead atoms. The first kappa shape index (κ1) is 11.8. The average Bonchev–Trinajstić information content (AvgIpc) is 2.84. The van der Waals surface area contributed by atoms with Gasteiger partial charge in [0.1, 0.15) is 5.69 Å². The van der Waals surface area contributed by atoms with Crippen LogP contribution in [0.15, 0.2) is 17.6 Å². The van der Waals surface area contributed by atoms with E-state index in [1.807, 2.05) is 13.2 Å². The molecule has 0 fully saturated rings. The molecule has 3 heterocycles. The third-order valence-corrected chi connectivity index (χ3v) is 2.95. The summed E-state index contributed by atoms with van der Waals surface area (Å²) in [4.78, 5) is 21.0. The number of fused-ring (bicyclic) bond motifs is 1. The predicted molar refractivity (Wildman–Crippen MR) is 70.5 cm³/mol. The molecule has 0 unspecified atom stereocenters. The molecule has 3 aromatic rings. The SMILES string of the molecule is CSc1nc(N)n2nc(-c3cnc(C)cn3)nc2n1. The second-order valence-corrected chi connectivity index (χ2v) is 4.53. The minimum absolute atomic E-state index is 0.244. The summed E-state index contributed by atoms with van der Waals surface area (Å²) in [5.41, 5.74) is 7.21. The number of nitrogens with zero attached hydrogens (tertiary/aromatic N) is 7. The maximum Gasteiger partial charge on any atom is 0.258 e. The van der Waals surface area contributed by atoms with E-state index in [9.17, 15) is 0 Å². The van der Waals surface area contributed by atoms with E-state index < -0.39 is 0 Å². The summed E-state index contributed by atoms with van der Waals surface area (Å²) in [6, 6.07) is 0. The van der Waals surface area contributed by atoms with Gasteiger partial charge in [-0.3, -0.25) is 4.98 Å². The monoisotopic (exact) mass is 274 g/mol. The molecule has 0 spiro atoms. The molecule has 8 nitrogen and oxygen atoms in total. The molecule has 0 aliphatic carbocycles. The molecule has 0 aromatic carbocycles. The summed E-state index contributed by atoms with van der Waals surface area (Å²) in [6.07, 6.45) is 5.14. The van der Waals surface area contributed by atoms with Gasteiger partial charge in [-0.1, -0.05) is 11.8 Å². The zero-order chi connectivity index (χ0) is 13.4. The van der Waals surface area contributed by atoms with Crippen LogP contribution in [0.25, 0.3) is 17.3 Å². The number of aryl methyl sites for hydroxylation is 1. The molecule has 96 valence electrons. The summed E-state index contributed by atoms with van der Waals surface area (Å²) >= 11 is 1.39. The quantitative estimate of drug-likeness (QED) is 0.676. The molecule has 0 saturated carbocycles. The Hall–Kier alpha value is -2.29. The highest BCUT2D eigenvalue weighted by atomic mass is 32.2. The second-order valence-electron chi connectivity index (χ2n) is 3.76. The maximum atomic E-state index is 5.81. The fourth-order valence-electron chi connectivity index (χ4n) is 1.49. The first-order valence-corrected chi connectivity index (χ1v) is 6.63. The third kappa shape index (κ3) is 2.08. The van der Waals surface area contributed by atoms with E-state index in [0.717, 1.165) is 5.69 Å². The highest BCUT2D eigenvalue weighted by Crippen LogP contribution is 2.16. The van der Waals surface area contributed by atoms with Gasteiger partial charge in [-0.15, -0.1) is 5.10 Å². The van der Waals surface area contributed by atoms with E-state index in [0.29, 0.717) is 22.5 Å². The van der Waals surface area contributed by atoms with Crippen molar-refractivity contribution in [2.24, 2.45) is 0 Å². The van der Waals surface area contributed by atoms with Gasteiger partial charge in [0.05, 0.1) is 11.9 Å². The van der Waals surface area contributed by atoms with E-state index in [1.165, 1.54) is 16.3 Å². The van der Waals surface area contributed by atoms with Gasteiger partial charge in [0.25, 0.3) is 5.78 Å². The lowest BCUT2D eigenvalue weighted by molar-refractivity contribution is 0.850. The first-order chi connectivity index (χ1) is 9.17. The van der Waals surface area contributed by atoms with Crippen molar-refractivity contribution in [2.75, 3.05) is 12.0 Å². The topological polar surface area (TPSA) is 108 Å². The molecule has 0 radical (unpaired) electrons. The highest BCUT2D eigenvalue weighted by molar-refractivity contribution is 7.98. The van der Waals surface area contributed by atoms with E-state index in [2.05, 4.69) is 30.0 Å². The number of anilines is 1. The van der Waals surface area contributed by atoms with E-state index in [-0.39, 0.29) is 5.95 Å². The summed E-state index contributed by atoms with van der Waals surface area (Å²) in [6.45, 7) is 1.86. The van der Waals surface area contributed by atoms with Crippen molar-refractivity contribution < 1.29 is 0 Å². The third-order valence-electron chi connectivity index (χ3n) is 2.41. The zero-order valence-corrected chi connectivity index (χ0v) is 11.1. The van der Waals surface area contributed by atoms with Crippen LogP contribution in [0, 0.1) is 6.92 Å². The molecule has 9 heteroatoms. The molecule has 0 saturated heterocycles. The van der Waals surface area contributed by atoms with E-state index in [4.69, 9.17) is 5.73 Å². The number of nitrogen functional groups attached to an aromatic ring is 1. The molecule has 0 atom stereocenters. The molecule has 3 rings (SSSR count). The van der Waals surface area contributed by atoms with Gasteiger partial charge in [-0.25, -0.2) is 4.98 Å². The number of aromatic nitrogens is 7. The van der Waals surface area contributed by atoms with Gasteiger partial charge in [0.15, 0.2) is 5.16 Å². The Morgan fingerprint density at radius 3 is 2.68 bits per heavy atom. The van der Waals surface area contributed by atoms with Gasteiger partial charge >= 0.3 is 0 Å². The number of thioether (sulfide) groups is 1. The van der Waals surface area contributed by atoms with Crippen LogP contribution >= 0.6 is 11.8 Å². The molecule has 19 heavy (non-hydrogen) atoms. The molecule has 2 N–H and O–H groups in total. The lowest BCUT2D eigenvalue weighted by Crippen LogP contribution is -2.04. The van der Waals surface area contributed by atoms with Gasteiger partial charge < -0.3 is 5.73 Å². The number of hydrogen-bond acceptors (Lipinski definition) is 8. The first-order valence-electron chi connectivity index (χ1n) is 5.40. The largest absolute Gasteiger partial charge is 0.368 e. The number of rotatable bonds is 2. The summed E-state index contributed by atoms with van der Waals surface area (Å²) in [7, 11) is 0. The van der Waals surface area contributed by atoms with Crippen molar-refractivity contribution in [1.29, 1.82) is 0 Å². The van der Waals surface area contributed by atoms with Crippen LogP contribution in [-0.4, -0.2) is 40.8 Å². The van der Waals surface area contributed by atoms with Gasteiger partial charge in [0, 0.05) is 6.20 Å². The molecular formula is C10H10N8S. The Kier molecular flexibility index (Phi) is 2.75. The van der Waals surface area contributed by atoms with Crippen molar-refractivity contribution in [1.82, 2.24) is 34.5 Å². The van der Waals surface area contributed by atoms with Crippen molar-refractivity contribution >= 4 is 23.5 Å². The van der Waals surface area contributed by atoms with Gasteiger partial charge in [-0.05, 0) is 13.2 Å². The Balaban J connectivity index is 2.16. The molecule has 3 aromatic heterocycles. The number of hydrogen-bond donors (Lipinski definition) is 1. The Morgan fingerprint density at radius 2 is 2.00 bits per heavy atom. The van der Waals surface area contributed by atoms with E-state index >= 15 is 0 Å². The molecule has 0 aliphatic heterocycles. The van der Waals surface area contributed by atoms with Crippen molar-refractivity contribution in [3.63, 3.8) is 0 Å². The lowest BCUT2D eigenvalue weighted by Gasteiger charge is -1.97. The van der Waals surface area contributed by atoms with Crippen LogP contribution in [0.2, 0.25) is 0 Å². The number of nitrogens with two attached hydrogens (primary N) is 1. The minimum atomic E-state index is 0.244. The summed E-state index contributed by atoms with van der Waals surface area (Å²) in [5.74, 6) is 1.06. The summed E-state index contributed by atoms with van der Waals surface area (Å²) < 4.78 is 1.39. The summed E-state index contributed by atoms with van der Waals surface area (Å²) in [5, 5.41) is 4.79. The molecule has 0 amide bonds. The van der Waals surface area contributed by atoms with Crippen molar-refractivity contribution in [3.05, 3.63) is 18.1 Å². The Morgan fingerprint density at radius 1 is 1.16 bits per heavy atom. The minimum Gasteiger partial charge on any atom is -0.368 e. The second kappa shape index (κ2) is 4.43. The standard InChI is InChI=1S/C10H10N8S/c1-5-3-13-6(4-12-5)7-14-9-16-10(19-2)15-8(11)18(9)17-7/h3-4H,1-2H3,(H2,11,14,15,16,17). The van der Waals surface area contributed by atoms with Crippen molar-refractivity contribution in [2.45, 2.75) is 12.1 Å². The van der Waals surface area contributed by atoms with Crippen LogP contribution in [0.1, 0.15) is 5.69 Å². The van der Waals surface area contributed by atoms with Gasteiger partial charge in [-0.2, -0.15) is 19.5 Å². The van der Waals surface area contributed by atoms with Crippen LogP contribution in [0.4, 0.5) is 5.95 Å². The van der Waals surface area contributed by atoms with Gasteiger partial charge in [0.2, 0.25) is 11.8 Å². The fraction of sp³-hybridized carbons (Fsp3) is 0.200. The molecular weight excluding hydrogens is 264 g/mol. The van der Waals surface area contributed by atoms with Crippen LogP contribution in [0.3, 0.4) is 0 Å². The van der Waals surface area contributed by atoms with Crippen LogP contribution in [0.5, 0.6) is 0 Å². The van der Waals surface area contributed by atoms with Crippen LogP contribution < -0.4 is 5.73 Å². The van der Waals surface area contributed by atoms with Crippen molar-refractivity contribution in [3.8, 4) is 11.5 Å². The highest BCUT2D eigenvalue weighted by Gasteiger charge is 2.12. The Bertz CT molecular complexity index is 735.